The van der Waals surface area contributed by atoms with Gasteiger partial charge in [-0.25, -0.2) is 4.79 Å². The number of nitrogens with zero attached hydrogens (tertiary/aromatic N) is 2. The summed E-state index contributed by atoms with van der Waals surface area (Å²) in [5.41, 5.74) is 5.84. The molecule has 6 nitrogen and oxygen atoms in total. The Morgan fingerprint density at radius 2 is 1.72 bits per heavy atom. The summed E-state index contributed by atoms with van der Waals surface area (Å²) in [7, 11) is 0. The molecule has 0 spiro atoms. The lowest BCUT2D eigenvalue weighted by molar-refractivity contribution is -0.119. The highest BCUT2D eigenvalue weighted by atomic mass is 32.1. The molecule has 0 saturated carbocycles. The van der Waals surface area contributed by atoms with Crippen molar-refractivity contribution in [2.45, 2.75) is 34.2 Å². The SMILES string of the molecule is Cc1cc(C)c(NC(=O)COC(=O)c2cc3c(C)nn(Cc4ccccc4)c3s2)c(C)c1. The number of amides is 1. The van der Waals surface area contributed by atoms with Gasteiger partial charge in [0.25, 0.3) is 5.91 Å². The maximum atomic E-state index is 12.6. The van der Waals surface area contributed by atoms with Crippen molar-refractivity contribution in [1.82, 2.24) is 9.78 Å². The second-order valence-corrected chi connectivity index (χ2v) is 8.99. The Morgan fingerprint density at radius 1 is 1.03 bits per heavy atom. The zero-order valence-corrected chi connectivity index (χ0v) is 19.4. The van der Waals surface area contributed by atoms with Crippen LogP contribution in [0.25, 0.3) is 10.2 Å². The summed E-state index contributed by atoms with van der Waals surface area (Å²) in [4.78, 5) is 26.3. The number of nitrogens with one attached hydrogen (secondary N) is 1. The number of thiophene rings is 1. The Labute approximate surface area is 190 Å². The van der Waals surface area contributed by atoms with E-state index < -0.39 is 5.97 Å². The molecule has 0 radical (unpaired) electrons. The van der Waals surface area contributed by atoms with Gasteiger partial charge in [0.05, 0.1) is 12.2 Å². The first kappa shape index (κ1) is 21.8. The molecule has 0 aliphatic rings. The fraction of sp³-hybridized carbons (Fsp3) is 0.240. The third-order valence-electron chi connectivity index (χ3n) is 5.26. The van der Waals surface area contributed by atoms with Gasteiger partial charge < -0.3 is 10.1 Å². The van der Waals surface area contributed by atoms with Crippen LogP contribution in [0.5, 0.6) is 0 Å². The standard InChI is InChI=1S/C25H25N3O3S/c1-15-10-16(2)23(17(3)11-15)26-22(29)14-31-25(30)21-12-20-18(4)27-28(24(20)32-21)13-19-8-6-5-7-9-19/h5-12H,13-14H2,1-4H3,(H,26,29). The number of aromatic nitrogens is 2. The minimum Gasteiger partial charge on any atom is -0.451 e. The largest absolute Gasteiger partial charge is 0.451 e. The van der Waals surface area contributed by atoms with Crippen LogP contribution in [0.1, 0.15) is 37.6 Å². The molecular weight excluding hydrogens is 422 g/mol. The van der Waals surface area contributed by atoms with E-state index >= 15 is 0 Å². The Hall–Kier alpha value is -3.45. The van der Waals surface area contributed by atoms with Gasteiger partial charge in [-0.3, -0.25) is 9.48 Å². The summed E-state index contributed by atoms with van der Waals surface area (Å²) in [6.45, 7) is 8.11. The summed E-state index contributed by atoms with van der Waals surface area (Å²) in [5, 5.41) is 8.38. The van der Waals surface area contributed by atoms with Crippen molar-refractivity contribution in [2.24, 2.45) is 0 Å². The number of carbonyl (C=O) groups excluding carboxylic acids is 2. The Bertz CT molecular complexity index is 1280. The molecule has 0 fully saturated rings. The molecule has 0 saturated heterocycles. The van der Waals surface area contributed by atoms with Crippen LogP contribution in [0.2, 0.25) is 0 Å². The van der Waals surface area contributed by atoms with Crippen LogP contribution < -0.4 is 5.32 Å². The first-order chi connectivity index (χ1) is 15.3. The van der Waals surface area contributed by atoms with Gasteiger partial charge in [-0.05, 0) is 50.5 Å². The van der Waals surface area contributed by atoms with Gasteiger partial charge in [-0.2, -0.15) is 5.10 Å². The van der Waals surface area contributed by atoms with Gasteiger partial charge in [-0.1, -0.05) is 48.0 Å². The molecule has 4 rings (SSSR count). The van der Waals surface area contributed by atoms with Crippen LogP contribution in [0.15, 0.2) is 48.5 Å². The highest BCUT2D eigenvalue weighted by Crippen LogP contribution is 2.29. The summed E-state index contributed by atoms with van der Waals surface area (Å²) in [6, 6.07) is 15.8. The molecular formula is C25H25N3O3S. The van der Waals surface area contributed by atoms with Gasteiger partial charge in [0.2, 0.25) is 0 Å². The highest BCUT2D eigenvalue weighted by Gasteiger charge is 2.19. The number of rotatable bonds is 6. The lowest BCUT2D eigenvalue weighted by atomic mass is 10.1. The number of benzene rings is 2. The molecule has 2 aromatic carbocycles. The maximum Gasteiger partial charge on any atom is 0.348 e. The Morgan fingerprint density at radius 3 is 2.41 bits per heavy atom. The summed E-state index contributed by atoms with van der Waals surface area (Å²) >= 11 is 1.33. The van der Waals surface area contributed by atoms with Crippen molar-refractivity contribution in [3.8, 4) is 0 Å². The lowest BCUT2D eigenvalue weighted by Gasteiger charge is -2.12. The predicted molar refractivity (Wildman–Crippen MR) is 127 cm³/mol. The number of carbonyl (C=O) groups is 2. The summed E-state index contributed by atoms with van der Waals surface area (Å²) < 4.78 is 7.19. The molecule has 0 unspecified atom stereocenters. The first-order valence-electron chi connectivity index (χ1n) is 10.4. The second kappa shape index (κ2) is 8.96. The smallest absolute Gasteiger partial charge is 0.348 e. The van der Waals surface area contributed by atoms with Crippen LogP contribution >= 0.6 is 11.3 Å². The molecule has 2 heterocycles. The normalized spacial score (nSPS) is 11.0. The molecule has 0 atom stereocenters. The van der Waals surface area contributed by atoms with Crippen molar-refractivity contribution in [3.63, 3.8) is 0 Å². The fourth-order valence-corrected chi connectivity index (χ4v) is 4.89. The van der Waals surface area contributed by atoms with Crippen molar-refractivity contribution in [3.05, 3.63) is 81.4 Å². The van der Waals surface area contributed by atoms with Gasteiger partial charge in [-0.15, -0.1) is 11.3 Å². The van der Waals surface area contributed by atoms with E-state index in [1.165, 1.54) is 11.3 Å². The number of esters is 1. The number of fused-ring (bicyclic) bond motifs is 1. The Kier molecular flexibility index (Phi) is 6.10. The zero-order valence-electron chi connectivity index (χ0n) is 18.6. The van der Waals surface area contributed by atoms with E-state index in [0.717, 1.165) is 43.9 Å². The topological polar surface area (TPSA) is 73.2 Å². The van der Waals surface area contributed by atoms with Crippen molar-refractivity contribution < 1.29 is 14.3 Å². The van der Waals surface area contributed by atoms with Crippen molar-refractivity contribution in [1.29, 1.82) is 0 Å². The molecule has 7 heteroatoms. The Balaban J connectivity index is 1.44. The number of ether oxygens (including phenoxy) is 1. The average Bonchev–Trinajstić information content (AvgIpc) is 3.31. The molecule has 4 aromatic rings. The molecule has 1 amide bonds. The number of aryl methyl sites for hydroxylation is 4. The molecule has 164 valence electrons. The third kappa shape index (κ3) is 4.57. The van der Waals surface area contributed by atoms with Gasteiger partial charge in [0, 0.05) is 11.1 Å². The van der Waals surface area contributed by atoms with E-state index in [1.54, 1.807) is 6.07 Å². The zero-order chi connectivity index (χ0) is 22.8. The highest BCUT2D eigenvalue weighted by molar-refractivity contribution is 7.20. The van der Waals surface area contributed by atoms with E-state index in [1.807, 2.05) is 74.8 Å². The van der Waals surface area contributed by atoms with Gasteiger partial charge in [0.1, 0.15) is 9.71 Å². The number of hydrogen-bond acceptors (Lipinski definition) is 5. The first-order valence-corrected chi connectivity index (χ1v) is 11.2. The second-order valence-electron chi connectivity index (χ2n) is 7.96. The van der Waals surface area contributed by atoms with E-state index in [9.17, 15) is 9.59 Å². The van der Waals surface area contributed by atoms with Crippen LogP contribution in [0.4, 0.5) is 5.69 Å². The van der Waals surface area contributed by atoms with Crippen molar-refractivity contribution >= 4 is 39.1 Å². The lowest BCUT2D eigenvalue weighted by Crippen LogP contribution is -2.21. The number of hydrogen-bond donors (Lipinski definition) is 1. The van der Waals surface area contributed by atoms with Crippen LogP contribution in [0.3, 0.4) is 0 Å². The monoisotopic (exact) mass is 447 g/mol. The molecule has 0 aliphatic heterocycles. The summed E-state index contributed by atoms with van der Waals surface area (Å²) in [6.07, 6.45) is 0. The minimum absolute atomic E-state index is 0.338. The van der Waals surface area contributed by atoms with E-state index in [-0.39, 0.29) is 12.5 Å². The summed E-state index contributed by atoms with van der Waals surface area (Å²) in [5.74, 6) is -0.870. The van der Waals surface area contributed by atoms with Crippen molar-refractivity contribution in [2.75, 3.05) is 11.9 Å². The van der Waals surface area contributed by atoms with Crippen LogP contribution in [-0.2, 0) is 16.1 Å². The maximum absolute atomic E-state index is 12.6. The van der Waals surface area contributed by atoms with E-state index in [0.29, 0.717) is 11.4 Å². The van der Waals surface area contributed by atoms with Crippen LogP contribution in [0, 0.1) is 27.7 Å². The van der Waals surface area contributed by atoms with E-state index in [4.69, 9.17) is 4.74 Å². The quantitative estimate of drug-likeness (QED) is 0.414. The minimum atomic E-state index is -0.510. The van der Waals surface area contributed by atoms with Crippen LogP contribution in [-0.4, -0.2) is 28.3 Å². The average molecular weight is 448 g/mol. The molecule has 1 N–H and O–H groups in total. The van der Waals surface area contributed by atoms with E-state index in [2.05, 4.69) is 10.4 Å². The molecule has 32 heavy (non-hydrogen) atoms. The fourth-order valence-electron chi connectivity index (χ4n) is 3.83. The molecule has 2 aromatic heterocycles. The third-order valence-corrected chi connectivity index (χ3v) is 6.39. The predicted octanol–water partition coefficient (Wildman–Crippen LogP) is 5.18. The van der Waals surface area contributed by atoms with Gasteiger partial charge in [0.15, 0.2) is 6.61 Å². The number of anilines is 1. The molecule has 0 bridgehead atoms. The van der Waals surface area contributed by atoms with Gasteiger partial charge >= 0.3 is 5.97 Å². The molecule has 0 aliphatic carbocycles.